The predicted octanol–water partition coefficient (Wildman–Crippen LogP) is 3.02. The molecule has 0 aliphatic carbocycles. The first-order chi connectivity index (χ1) is 12.7. The Morgan fingerprint density at radius 1 is 1.08 bits per heavy atom. The smallest absolute Gasteiger partial charge is 0.228 e. The lowest BCUT2D eigenvalue weighted by molar-refractivity contribution is -0.132. The molecule has 134 valence electrons. The van der Waals surface area contributed by atoms with Crippen molar-refractivity contribution in [2.24, 2.45) is 0 Å². The Morgan fingerprint density at radius 3 is 2.62 bits per heavy atom. The van der Waals surface area contributed by atoms with Crippen LogP contribution in [-0.2, 0) is 17.8 Å². The van der Waals surface area contributed by atoms with E-state index in [-0.39, 0.29) is 5.91 Å². The summed E-state index contributed by atoms with van der Waals surface area (Å²) in [5.74, 6) is 0.126. The van der Waals surface area contributed by atoms with Gasteiger partial charge in [0.1, 0.15) is 5.69 Å². The summed E-state index contributed by atoms with van der Waals surface area (Å²) in [5.41, 5.74) is 3.94. The standard InChI is InChI=1S/C21H23N3O2/c1-16-7-8-20-18(13-16)19(22-26-20)14-21(25)24-11-9-23(10-12-24)15-17-5-3-2-4-6-17/h2-8,13H,9-12,14-15H2,1H3. The summed E-state index contributed by atoms with van der Waals surface area (Å²) in [6.07, 6.45) is 0.301. The number of benzene rings is 2. The average Bonchev–Trinajstić information content (AvgIpc) is 3.05. The second-order valence-corrected chi connectivity index (χ2v) is 6.95. The van der Waals surface area contributed by atoms with E-state index in [0.29, 0.717) is 6.42 Å². The maximum Gasteiger partial charge on any atom is 0.228 e. The van der Waals surface area contributed by atoms with Gasteiger partial charge < -0.3 is 9.42 Å². The van der Waals surface area contributed by atoms with E-state index in [0.717, 1.165) is 55.0 Å². The molecular formula is C21H23N3O2. The van der Waals surface area contributed by atoms with Crippen molar-refractivity contribution in [2.45, 2.75) is 19.9 Å². The van der Waals surface area contributed by atoms with Crippen LogP contribution >= 0.6 is 0 Å². The molecule has 1 aromatic heterocycles. The quantitative estimate of drug-likeness (QED) is 0.726. The van der Waals surface area contributed by atoms with Gasteiger partial charge in [-0.3, -0.25) is 9.69 Å². The zero-order valence-electron chi connectivity index (χ0n) is 15.0. The van der Waals surface area contributed by atoms with Gasteiger partial charge in [-0.05, 0) is 24.6 Å². The minimum absolute atomic E-state index is 0.126. The Kier molecular flexibility index (Phi) is 4.71. The van der Waals surface area contributed by atoms with Gasteiger partial charge in [-0.1, -0.05) is 47.1 Å². The molecule has 2 heterocycles. The van der Waals surface area contributed by atoms with E-state index in [9.17, 15) is 4.79 Å². The first kappa shape index (κ1) is 16.8. The van der Waals surface area contributed by atoms with Gasteiger partial charge in [-0.25, -0.2) is 0 Å². The van der Waals surface area contributed by atoms with Gasteiger partial charge in [-0.15, -0.1) is 0 Å². The zero-order chi connectivity index (χ0) is 17.9. The fraction of sp³-hybridized carbons (Fsp3) is 0.333. The van der Waals surface area contributed by atoms with E-state index >= 15 is 0 Å². The van der Waals surface area contributed by atoms with Crippen molar-refractivity contribution in [3.63, 3.8) is 0 Å². The lowest BCUT2D eigenvalue weighted by Gasteiger charge is -2.34. The molecule has 0 radical (unpaired) electrons. The highest BCUT2D eigenvalue weighted by Gasteiger charge is 2.23. The predicted molar refractivity (Wildman–Crippen MR) is 101 cm³/mol. The van der Waals surface area contributed by atoms with Gasteiger partial charge in [-0.2, -0.15) is 0 Å². The lowest BCUT2D eigenvalue weighted by atomic mass is 10.1. The number of carbonyl (C=O) groups is 1. The number of nitrogens with zero attached hydrogens (tertiary/aromatic N) is 3. The summed E-state index contributed by atoms with van der Waals surface area (Å²) in [5, 5.41) is 5.05. The normalized spacial score (nSPS) is 15.5. The molecule has 26 heavy (non-hydrogen) atoms. The molecule has 1 aliphatic heterocycles. The SMILES string of the molecule is Cc1ccc2onc(CC(=O)N3CCN(Cc4ccccc4)CC3)c2c1. The highest BCUT2D eigenvalue weighted by Crippen LogP contribution is 2.21. The minimum atomic E-state index is 0.126. The van der Waals surface area contributed by atoms with Crippen LogP contribution in [0.25, 0.3) is 11.0 Å². The molecule has 0 N–H and O–H groups in total. The molecule has 0 atom stereocenters. The molecule has 3 aromatic rings. The topological polar surface area (TPSA) is 49.6 Å². The van der Waals surface area contributed by atoms with Crippen LogP contribution in [0, 0.1) is 6.92 Å². The summed E-state index contributed by atoms with van der Waals surface area (Å²) >= 11 is 0. The Bertz CT molecular complexity index is 896. The number of fused-ring (bicyclic) bond motifs is 1. The Morgan fingerprint density at radius 2 is 1.85 bits per heavy atom. The molecule has 4 rings (SSSR count). The molecular weight excluding hydrogens is 326 g/mol. The fourth-order valence-corrected chi connectivity index (χ4v) is 3.48. The first-order valence-electron chi connectivity index (χ1n) is 9.08. The van der Waals surface area contributed by atoms with Crippen LogP contribution in [0.4, 0.5) is 0 Å². The first-order valence-corrected chi connectivity index (χ1v) is 9.08. The van der Waals surface area contributed by atoms with E-state index in [1.807, 2.05) is 36.1 Å². The summed E-state index contributed by atoms with van der Waals surface area (Å²) in [7, 11) is 0. The average molecular weight is 349 g/mol. The summed E-state index contributed by atoms with van der Waals surface area (Å²) in [6, 6.07) is 16.4. The van der Waals surface area contributed by atoms with E-state index in [2.05, 4.69) is 34.3 Å². The number of hydrogen-bond acceptors (Lipinski definition) is 4. The van der Waals surface area contributed by atoms with Gasteiger partial charge in [0.05, 0.1) is 6.42 Å². The van der Waals surface area contributed by atoms with Gasteiger partial charge in [0.2, 0.25) is 5.91 Å². The number of hydrogen-bond donors (Lipinski definition) is 0. The fourth-order valence-electron chi connectivity index (χ4n) is 3.48. The number of carbonyl (C=O) groups excluding carboxylic acids is 1. The number of aryl methyl sites for hydroxylation is 1. The second-order valence-electron chi connectivity index (χ2n) is 6.95. The molecule has 0 spiro atoms. The van der Waals surface area contributed by atoms with Crippen LogP contribution in [0.3, 0.4) is 0 Å². The van der Waals surface area contributed by atoms with Gasteiger partial charge in [0.15, 0.2) is 5.58 Å². The highest BCUT2D eigenvalue weighted by molar-refractivity contribution is 5.86. The molecule has 0 bridgehead atoms. The molecule has 5 nitrogen and oxygen atoms in total. The van der Waals surface area contributed by atoms with Crippen molar-refractivity contribution in [3.05, 3.63) is 65.4 Å². The maximum absolute atomic E-state index is 12.7. The number of piperazine rings is 1. The molecule has 2 aromatic carbocycles. The van der Waals surface area contributed by atoms with Crippen molar-refractivity contribution >= 4 is 16.9 Å². The van der Waals surface area contributed by atoms with E-state index in [1.54, 1.807) is 0 Å². The van der Waals surface area contributed by atoms with Crippen molar-refractivity contribution in [2.75, 3.05) is 26.2 Å². The number of aromatic nitrogens is 1. The third-order valence-corrected chi connectivity index (χ3v) is 4.99. The Balaban J connectivity index is 1.35. The Hall–Kier alpha value is -2.66. The number of amides is 1. The molecule has 1 amide bonds. The van der Waals surface area contributed by atoms with Gasteiger partial charge in [0.25, 0.3) is 0 Å². The van der Waals surface area contributed by atoms with Crippen molar-refractivity contribution in [1.82, 2.24) is 15.0 Å². The summed E-state index contributed by atoms with van der Waals surface area (Å²) in [4.78, 5) is 17.0. The second kappa shape index (κ2) is 7.30. The zero-order valence-corrected chi connectivity index (χ0v) is 15.0. The molecule has 0 saturated carbocycles. The van der Waals surface area contributed by atoms with E-state index in [1.165, 1.54) is 5.56 Å². The molecule has 1 fully saturated rings. The van der Waals surface area contributed by atoms with Crippen LogP contribution in [0.5, 0.6) is 0 Å². The maximum atomic E-state index is 12.7. The monoisotopic (exact) mass is 349 g/mol. The van der Waals surface area contributed by atoms with Crippen molar-refractivity contribution in [3.8, 4) is 0 Å². The van der Waals surface area contributed by atoms with Crippen molar-refractivity contribution in [1.29, 1.82) is 0 Å². The van der Waals surface area contributed by atoms with E-state index < -0.39 is 0 Å². The summed E-state index contributed by atoms with van der Waals surface area (Å²) < 4.78 is 5.35. The Labute approximate surface area is 153 Å². The highest BCUT2D eigenvalue weighted by atomic mass is 16.5. The molecule has 1 aliphatic rings. The minimum Gasteiger partial charge on any atom is -0.356 e. The third kappa shape index (κ3) is 3.63. The largest absolute Gasteiger partial charge is 0.356 e. The molecule has 1 saturated heterocycles. The third-order valence-electron chi connectivity index (χ3n) is 4.99. The van der Waals surface area contributed by atoms with Crippen LogP contribution < -0.4 is 0 Å². The van der Waals surface area contributed by atoms with Crippen molar-refractivity contribution < 1.29 is 9.32 Å². The van der Waals surface area contributed by atoms with Crippen LogP contribution in [-0.4, -0.2) is 47.0 Å². The lowest BCUT2D eigenvalue weighted by Crippen LogP contribution is -2.48. The number of rotatable bonds is 4. The van der Waals surface area contributed by atoms with E-state index in [4.69, 9.17) is 4.52 Å². The van der Waals surface area contributed by atoms with Crippen LogP contribution in [0.1, 0.15) is 16.8 Å². The summed E-state index contributed by atoms with van der Waals surface area (Å²) in [6.45, 7) is 6.31. The molecule has 5 heteroatoms. The van der Waals surface area contributed by atoms with Crippen LogP contribution in [0.2, 0.25) is 0 Å². The van der Waals surface area contributed by atoms with Crippen LogP contribution in [0.15, 0.2) is 53.1 Å². The molecule has 0 unspecified atom stereocenters. The van der Waals surface area contributed by atoms with Gasteiger partial charge in [0, 0.05) is 38.1 Å². The van der Waals surface area contributed by atoms with Gasteiger partial charge >= 0.3 is 0 Å².